The number of carbonyl (C=O) groups is 2. The molecular weight excluding hydrogens is 286 g/mol. The number of amides is 1. The van der Waals surface area contributed by atoms with Crippen molar-refractivity contribution in [2.75, 3.05) is 33.5 Å². The molecule has 1 aliphatic rings. The van der Waals surface area contributed by atoms with Crippen LogP contribution >= 0.6 is 0 Å². The third-order valence-electron chi connectivity index (χ3n) is 3.73. The van der Waals surface area contributed by atoms with Gasteiger partial charge in [-0.25, -0.2) is 4.79 Å². The molecule has 0 saturated heterocycles. The predicted molar refractivity (Wildman–Crippen MR) is 79.5 cm³/mol. The second kappa shape index (κ2) is 7.91. The van der Waals surface area contributed by atoms with Crippen LogP contribution in [0.3, 0.4) is 0 Å². The zero-order valence-electron chi connectivity index (χ0n) is 12.7. The smallest absolute Gasteiger partial charge is 0.331 e. The van der Waals surface area contributed by atoms with Crippen LogP contribution in [0.4, 0.5) is 0 Å². The summed E-state index contributed by atoms with van der Waals surface area (Å²) in [6.07, 6.45) is 0.853. The fraction of sp³-hybridized carbons (Fsp3) is 0.500. The highest BCUT2D eigenvalue weighted by atomic mass is 16.5. The van der Waals surface area contributed by atoms with E-state index in [-0.39, 0.29) is 18.9 Å². The van der Waals surface area contributed by atoms with Gasteiger partial charge >= 0.3 is 5.97 Å². The van der Waals surface area contributed by atoms with Gasteiger partial charge in [0, 0.05) is 13.7 Å². The monoisotopic (exact) mass is 307 g/mol. The number of hydrogen-bond acceptors (Lipinski definition) is 4. The molecule has 1 aromatic rings. The summed E-state index contributed by atoms with van der Waals surface area (Å²) in [6, 6.07) is 6.48. The quantitative estimate of drug-likeness (QED) is 0.767. The minimum Gasteiger partial charge on any atom is -0.479 e. The number of rotatable bonds is 7. The lowest BCUT2D eigenvalue weighted by molar-refractivity contribution is -0.151. The highest BCUT2D eigenvalue weighted by molar-refractivity contribution is 5.85. The van der Waals surface area contributed by atoms with Crippen molar-refractivity contribution in [2.45, 2.75) is 18.9 Å². The van der Waals surface area contributed by atoms with E-state index in [9.17, 15) is 14.7 Å². The predicted octanol–water partition coefficient (Wildman–Crippen LogP) is 1.25. The third kappa shape index (κ3) is 3.84. The summed E-state index contributed by atoms with van der Waals surface area (Å²) >= 11 is 0. The average Bonchev–Trinajstić information content (AvgIpc) is 2.53. The van der Waals surface area contributed by atoms with E-state index < -0.39 is 12.0 Å². The minimum absolute atomic E-state index is 0.176. The van der Waals surface area contributed by atoms with Crippen molar-refractivity contribution in [3.05, 3.63) is 35.4 Å². The number of hydrogen-bond donors (Lipinski definition) is 1. The molecular formula is C16H21NO5. The van der Waals surface area contributed by atoms with Gasteiger partial charge in [-0.05, 0) is 17.5 Å². The van der Waals surface area contributed by atoms with E-state index in [0.29, 0.717) is 31.7 Å². The summed E-state index contributed by atoms with van der Waals surface area (Å²) in [5, 5.41) is 9.50. The summed E-state index contributed by atoms with van der Waals surface area (Å²) in [6.45, 7) is 1.59. The maximum Gasteiger partial charge on any atom is 0.331 e. The Labute approximate surface area is 129 Å². The van der Waals surface area contributed by atoms with Crippen molar-refractivity contribution in [2.24, 2.45) is 0 Å². The van der Waals surface area contributed by atoms with Gasteiger partial charge in [-0.1, -0.05) is 24.3 Å². The average molecular weight is 307 g/mol. The Hall–Kier alpha value is -1.92. The van der Waals surface area contributed by atoms with Gasteiger partial charge < -0.3 is 19.5 Å². The normalized spacial score (nSPS) is 17.1. The molecule has 6 heteroatoms. The maximum atomic E-state index is 12.3. The lowest BCUT2D eigenvalue weighted by atomic mass is 9.92. The van der Waals surface area contributed by atoms with E-state index >= 15 is 0 Å². The zero-order chi connectivity index (χ0) is 15.9. The van der Waals surface area contributed by atoms with Gasteiger partial charge in [-0.3, -0.25) is 4.79 Å². The molecule has 1 aliphatic heterocycles. The first kappa shape index (κ1) is 16.5. The lowest BCUT2D eigenvalue weighted by Gasteiger charge is -2.34. The number of carboxylic acids is 1. The van der Waals surface area contributed by atoms with Crippen molar-refractivity contribution in [1.29, 1.82) is 0 Å². The molecule has 6 nitrogen and oxygen atoms in total. The van der Waals surface area contributed by atoms with Gasteiger partial charge in [0.25, 0.3) is 0 Å². The summed E-state index contributed by atoms with van der Waals surface area (Å²) in [4.78, 5) is 25.3. The molecule has 1 amide bonds. The van der Waals surface area contributed by atoms with Crippen molar-refractivity contribution in [3.63, 3.8) is 0 Å². The first-order chi connectivity index (χ1) is 10.6. The first-order valence-electron chi connectivity index (χ1n) is 7.32. The van der Waals surface area contributed by atoms with Gasteiger partial charge in [-0.15, -0.1) is 0 Å². The zero-order valence-corrected chi connectivity index (χ0v) is 12.7. The fourth-order valence-corrected chi connectivity index (χ4v) is 2.65. The molecule has 2 rings (SSSR count). The van der Waals surface area contributed by atoms with E-state index in [1.807, 2.05) is 12.1 Å². The molecule has 1 heterocycles. The van der Waals surface area contributed by atoms with Gasteiger partial charge in [0.05, 0.1) is 26.2 Å². The van der Waals surface area contributed by atoms with Crippen LogP contribution in [0.2, 0.25) is 0 Å². The minimum atomic E-state index is -0.999. The Bertz CT molecular complexity index is 531. The molecule has 1 N–H and O–H groups in total. The number of carbonyl (C=O) groups excluding carboxylic acids is 1. The van der Waals surface area contributed by atoms with Crippen LogP contribution in [0.25, 0.3) is 0 Å². The number of ether oxygens (including phenoxy) is 2. The first-order valence-corrected chi connectivity index (χ1v) is 7.32. The van der Waals surface area contributed by atoms with E-state index in [0.717, 1.165) is 5.56 Å². The molecule has 1 unspecified atom stereocenters. The van der Waals surface area contributed by atoms with Crippen molar-refractivity contribution in [1.82, 2.24) is 4.90 Å². The van der Waals surface area contributed by atoms with Crippen LogP contribution in [0, 0.1) is 0 Å². The number of benzene rings is 1. The second-order valence-electron chi connectivity index (χ2n) is 5.13. The van der Waals surface area contributed by atoms with Crippen molar-refractivity contribution >= 4 is 11.9 Å². The molecule has 0 saturated carbocycles. The van der Waals surface area contributed by atoms with Crippen molar-refractivity contribution in [3.8, 4) is 0 Å². The number of methoxy groups -OCH3 is 1. The van der Waals surface area contributed by atoms with Crippen LogP contribution < -0.4 is 0 Å². The molecule has 120 valence electrons. The molecule has 0 aliphatic carbocycles. The highest BCUT2D eigenvalue weighted by Gasteiger charge is 2.35. The van der Waals surface area contributed by atoms with Crippen LogP contribution in [0.5, 0.6) is 0 Å². The van der Waals surface area contributed by atoms with Crippen LogP contribution in [-0.2, 0) is 25.5 Å². The van der Waals surface area contributed by atoms with Gasteiger partial charge in [0.15, 0.2) is 6.04 Å². The van der Waals surface area contributed by atoms with Gasteiger partial charge in [0.1, 0.15) is 0 Å². The molecule has 0 spiro atoms. The Morgan fingerprint density at radius 1 is 1.27 bits per heavy atom. The molecule has 1 atom stereocenters. The van der Waals surface area contributed by atoms with E-state index in [1.165, 1.54) is 4.90 Å². The largest absolute Gasteiger partial charge is 0.479 e. The number of carboxylic acid groups (broad SMARTS) is 1. The van der Waals surface area contributed by atoms with E-state index in [2.05, 4.69) is 0 Å². The van der Waals surface area contributed by atoms with E-state index in [4.69, 9.17) is 9.47 Å². The van der Waals surface area contributed by atoms with Gasteiger partial charge in [-0.2, -0.15) is 0 Å². The molecule has 0 bridgehead atoms. The molecule has 0 radical (unpaired) electrons. The molecule has 1 aromatic carbocycles. The van der Waals surface area contributed by atoms with E-state index in [1.54, 1.807) is 19.2 Å². The van der Waals surface area contributed by atoms with Crippen molar-refractivity contribution < 1.29 is 24.2 Å². The van der Waals surface area contributed by atoms with Gasteiger partial charge in [0.2, 0.25) is 5.91 Å². The Morgan fingerprint density at radius 3 is 2.77 bits per heavy atom. The summed E-state index contributed by atoms with van der Waals surface area (Å²) in [5.41, 5.74) is 1.70. The second-order valence-corrected chi connectivity index (χ2v) is 5.13. The Kier molecular flexibility index (Phi) is 5.91. The topological polar surface area (TPSA) is 76.1 Å². The Morgan fingerprint density at radius 2 is 2.05 bits per heavy atom. The summed E-state index contributed by atoms with van der Waals surface area (Å²) < 4.78 is 10.1. The Balaban J connectivity index is 2.01. The standard InChI is InChI=1S/C16H21NO5/c1-21-10-11-22-9-7-14(18)17-8-6-12-4-2-3-5-13(12)15(17)16(19)20/h2-5,15H,6-11H2,1H3,(H,19,20). The molecule has 0 aromatic heterocycles. The highest BCUT2D eigenvalue weighted by Crippen LogP contribution is 2.30. The van der Waals surface area contributed by atoms with Crippen LogP contribution in [0.15, 0.2) is 24.3 Å². The number of aliphatic carboxylic acids is 1. The summed E-state index contributed by atoms with van der Waals surface area (Å²) in [5.74, 6) is -1.19. The molecule has 22 heavy (non-hydrogen) atoms. The molecule has 0 fully saturated rings. The summed E-state index contributed by atoms with van der Waals surface area (Å²) in [7, 11) is 1.58. The number of nitrogens with zero attached hydrogens (tertiary/aromatic N) is 1. The third-order valence-corrected chi connectivity index (χ3v) is 3.73. The fourth-order valence-electron chi connectivity index (χ4n) is 2.65. The van der Waals surface area contributed by atoms with Crippen LogP contribution in [-0.4, -0.2) is 55.4 Å². The maximum absolute atomic E-state index is 12.3. The van der Waals surface area contributed by atoms with Crippen LogP contribution in [0.1, 0.15) is 23.6 Å². The lowest BCUT2D eigenvalue weighted by Crippen LogP contribution is -2.43. The SMILES string of the molecule is COCCOCCC(=O)N1CCc2ccccc2C1C(=O)O. The number of fused-ring (bicyclic) bond motifs is 1.